The molecule has 30 heavy (non-hydrogen) atoms. The number of halogens is 1. The van der Waals surface area contributed by atoms with E-state index in [4.69, 9.17) is 9.47 Å². The maximum Gasteiger partial charge on any atom is 0.241 e. The highest BCUT2D eigenvalue weighted by Gasteiger charge is 2.34. The maximum absolute atomic E-state index is 12.2. The van der Waals surface area contributed by atoms with Gasteiger partial charge in [0, 0.05) is 21.5 Å². The molecule has 0 aliphatic heterocycles. The van der Waals surface area contributed by atoms with E-state index in [-0.39, 0.29) is 11.3 Å². The van der Waals surface area contributed by atoms with E-state index >= 15 is 0 Å². The average molecular weight is 471 g/mol. The van der Waals surface area contributed by atoms with E-state index in [0.29, 0.717) is 5.75 Å². The number of nitrogens with zero attached hydrogens (tertiary/aromatic N) is 1. The molecule has 0 fully saturated rings. The van der Waals surface area contributed by atoms with Crippen molar-refractivity contribution in [3.8, 4) is 11.5 Å². The number of hydrogen-bond donors (Lipinski definition) is 1. The van der Waals surface area contributed by atoms with Gasteiger partial charge >= 0.3 is 0 Å². The van der Waals surface area contributed by atoms with Crippen molar-refractivity contribution in [3.63, 3.8) is 0 Å². The highest BCUT2D eigenvalue weighted by molar-refractivity contribution is 9.10. The fraction of sp³-hybridized carbons (Fsp3) is 0.217. The zero-order valence-corrected chi connectivity index (χ0v) is 18.3. The largest absolute Gasteiger partial charge is 0.497 e. The Morgan fingerprint density at radius 1 is 0.967 bits per heavy atom. The summed E-state index contributed by atoms with van der Waals surface area (Å²) in [5.41, 5.74) is 2.42. The summed E-state index contributed by atoms with van der Waals surface area (Å²) in [6, 6.07) is 20.8. The third kappa shape index (κ3) is 5.30. The number of anilines is 1. The molecular weight excluding hydrogens is 448 g/mol. The van der Waals surface area contributed by atoms with Crippen LogP contribution < -0.4 is 14.8 Å². The van der Waals surface area contributed by atoms with Crippen LogP contribution >= 0.6 is 15.9 Å². The highest BCUT2D eigenvalue weighted by atomic mass is 79.9. The summed E-state index contributed by atoms with van der Waals surface area (Å²) < 4.78 is 11.4. The molecule has 0 heterocycles. The van der Waals surface area contributed by atoms with Gasteiger partial charge in [0.05, 0.1) is 14.2 Å². The number of rotatable bonds is 9. The lowest BCUT2D eigenvalue weighted by atomic mass is 9.93. The van der Waals surface area contributed by atoms with Crippen LogP contribution in [0.1, 0.15) is 17.2 Å². The minimum Gasteiger partial charge on any atom is -0.497 e. The van der Waals surface area contributed by atoms with Crippen LogP contribution in [0.25, 0.3) is 0 Å². The van der Waals surface area contributed by atoms with Gasteiger partial charge in [-0.05, 0) is 53.6 Å². The first kappa shape index (κ1) is 21.6. The van der Waals surface area contributed by atoms with E-state index in [1.54, 1.807) is 14.2 Å². The van der Waals surface area contributed by atoms with Crippen LogP contribution in [0.2, 0.25) is 0 Å². The molecule has 0 saturated carbocycles. The van der Waals surface area contributed by atoms with E-state index in [2.05, 4.69) is 21.2 Å². The molecule has 6 nitrogen and oxygen atoms in total. The molecule has 3 aromatic carbocycles. The number of methoxy groups -OCH3 is 2. The van der Waals surface area contributed by atoms with Crippen molar-refractivity contribution in [3.05, 3.63) is 98.5 Å². The van der Waals surface area contributed by atoms with Gasteiger partial charge in [-0.15, -0.1) is 0 Å². The van der Waals surface area contributed by atoms with Crippen molar-refractivity contribution in [1.82, 2.24) is 0 Å². The van der Waals surface area contributed by atoms with Crippen molar-refractivity contribution < 1.29 is 14.4 Å². The van der Waals surface area contributed by atoms with E-state index in [9.17, 15) is 10.1 Å². The normalized spacial score (nSPS) is 12.6. The molecule has 0 aromatic heterocycles. The summed E-state index contributed by atoms with van der Waals surface area (Å²) in [6.45, 7) is 0. The number of hydrogen-bond acceptors (Lipinski definition) is 5. The van der Waals surface area contributed by atoms with Gasteiger partial charge in [0.25, 0.3) is 0 Å². The molecule has 2 atom stereocenters. The Morgan fingerprint density at radius 2 is 1.67 bits per heavy atom. The van der Waals surface area contributed by atoms with Crippen LogP contribution in [-0.2, 0) is 6.42 Å². The molecule has 3 rings (SSSR count). The minimum atomic E-state index is -0.905. The average Bonchev–Trinajstić information content (AvgIpc) is 2.77. The molecular formula is C23H23BrN2O4. The van der Waals surface area contributed by atoms with Crippen molar-refractivity contribution in [1.29, 1.82) is 0 Å². The Kier molecular flexibility index (Phi) is 7.30. The third-order valence-corrected chi connectivity index (χ3v) is 5.68. The Morgan fingerprint density at radius 3 is 2.30 bits per heavy atom. The molecule has 3 aromatic rings. The van der Waals surface area contributed by atoms with Gasteiger partial charge < -0.3 is 14.8 Å². The molecule has 7 heteroatoms. The molecule has 0 amide bonds. The smallest absolute Gasteiger partial charge is 0.241 e. The summed E-state index contributed by atoms with van der Waals surface area (Å²) in [6.07, 6.45) is 0.263. The van der Waals surface area contributed by atoms with Gasteiger partial charge in [0.15, 0.2) is 0 Å². The summed E-state index contributed by atoms with van der Waals surface area (Å²) in [7, 11) is 3.18. The Labute approximate surface area is 184 Å². The SMILES string of the molecule is COc1ccc(N[C@H](c2cccc(OC)c2)[C@H](Cc2ccccc2Br)[N+](=O)[O-])cc1. The summed E-state index contributed by atoms with van der Waals surface area (Å²) in [4.78, 5) is 12.0. The van der Waals surface area contributed by atoms with Crippen molar-refractivity contribution >= 4 is 21.6 Å². The molecule has 0 bridgehead atoms. The topological polar surface area (TPSA) is 73.6 Å². The molecule has 1 N–H and O–H groups in total. The highest BCUT2D eigenvalue weighted by Crippen LogP contribution is 2.31. The lowest BCUT2D eigenvalue weighted by molar-refractivity contribution is -0.525. The number of nitro groups is 1. The van der Waals surface area contributed by atoms with Gasteiger partial charge in [-0.3, -0.25) is 10.1 Å². The van der Waals surface area contributed by atoms with Gasteiger partial charge in [-0.2, -0.15) is 0 Å². The Hall–Kier alpha value is -3.06. The summed E-state index contributed by atoms with van der Waals surface area (Å²) >= 11 is 3.51. The lowest BCUT2D eigenvalue weighted by Gasteiger charge is -2.24. The molecule has 0 spiro atoms. The van der Waals surface area contributed by atoms with Crippen LogP contribution in [0.4, 0.5) is 5.69 Å². The predicted octanol–water partition coefficient (Wildman–Crippen LogP) is 5.51. The molecule has 0 unspecified atom stereocenters. The van der Waals surface area contributed by atoms with Crippen LogP contribution in [-0.4, -0.2) is 25.2 Å². The molecule has 156 valence electrons. The first-order valence-corrected chi connectivity index (χ1v) is 10.2. The molecule has 0 aliphatic carbocycles. The zero-order valence-electron chi connectivity index (χ0n) is 16.7. The van der Waals surface area contributed by atoms with E-state index in [0.717, 1.165) is 27.0 Å². The monoisotopic (exact) mass is 470 g/mol. The second-order valence-corrected chi connectivity index (χ2v) is 7.63. The predicted molar refractivity (Wildman–Crippen MR) is 121 cm³/mol. The number of ether oxygens (including phenoxy) is 2. The van der Waals surface area contributed by atoms with Gasteiger partial charge in [-0.25, -0.2) is 0 Å². The molecule has 0 radical (unpaired) electrons. The first-order valence-electron chi connectivity index (χ1n) is 9.43. The van der Waals surface area contributed by atoms with Gasteiger partial charge in [0.2, 0.25) is 6.04 Å². The fourth-order valence-electron chi connectivity index (χ4n) is 3.31. The van der Waals surface area contributed by atoms with Crippen molar-refractivity contribution in [2.45, 2.75) is 18.5 Å². The van der Waals surface area contributed by atoms with E-state index in [1.807, 2.05) is 72.8 Å². The molecule has 0 aliphatic rings. The van der Waals surface area contributed by atoms with E-state index in [1.165, 1.54) is 0 Å². The number of nitrogens with one attached hydrogen (secondary N) is 1. The first-order chi connectivity index (χ1) is 14.5. The summed E-state index contributed by atoms with van der Waals surface area (Å²) in [5, 5.41) is 15.5. The standard InChI is InChI=1S/C23H23BrN2O4/c1-29-19-12-10-18(11-13-19)25-23(17-7-5-8-20(14-17)30-2)22(26(27)28)15-16-6-3-4-9-21(16)24/h3-14,22-23,25H,15H2,1-2H3/t22-,23+/m0/s1. The second-order valence-electron chi connectivity index (χ2n) is 6.78. The van der Waals surface area contributed by atoms with Gasteiger partial charge in [-0.1, -0.05) is 46.3 Å². The van der Waals surface area contributed by atoms with Crippen LogP contribution in [0.3, 0.4) is 0 Å². The van der Waals surface area contributed by atoms with Crippen molar-refractivity contribution in [2.75, 3.05) is 19.5 Å². The lowest BCUT2D eigenvalue weighted by Crippen LogP contribution is -2.34. The third-order valence-electron chi connectivity index (χ3n) is 4.91. The van der Waals surface area contributed by atoms with E-state index < -0.39 is 12.1 Å². The zero-order chi connectivity index (χ0) is 21.5. The van der Waals surface area contributed by atoms with Crippen LogP contribution in [0, 0.1) is 10.1 Å². The fourth-order valence-corrected chi connectivity index (χ4v) is 3.75. The van der Waals surface area contributed by atoms with Crippen LogP contribution in [0.5, 0.6) is 11.5 Å². The Balaban J connectivity index is 2.00. The quantitative estimate of drug-likeness (QED) is 0.329. The van der Waals surface area contributed by atoms with Gasteiger partial charge in [0.1, 0.15) is 17.5 Å². The molecule has 0 saturated heterocycles. The van der Waals surface area contributed by atoms with Crippen LogP contribution in [0.15, 0.2) is 77.3 Å². The van der Waals surface area contributed by atoms with Crippen molar-refractivity contribution in [2.24, 2.45) is 0 Å². The second kappa shape index (κ2) is 10.1. The maximum atomic E-state index is 12.2. The minimum absolute atomic E-state index is 0.222. The Bertz CT molecular complexity index is 995. The number of benzene rings is 3. The summed E-state index contributed by atoms with van der Waals surface area (Å²) in [5.74, 6) is 1.37.